The van der Waals surface area contributed by atoms with Gasteiger partial charge in [-0.05, 0) is 23.7 Å². The van der Waals surface area contributed by atoms with Gasteiger partial charge in [0, 0.05) is 19.6 Å². The summed E-state index contributed by atoms with van der Waals surface area (Å²) in [7, 11) is 1.95. The zero-order chi connectivity index (χ0) is 16.9. The summed E-state index contributed by atoms with van der Waals surface area (Å²) in [5.74, 6) is 0. The largest absolute Gasteiger partial charge is 0.316 e. The van der Waals surface area contributed by atoms with Crippen LogP contribution >= 0.6 is 0 Å². The van der Waals surface area contributed by atoms with Gasteiger partial charge in [0.25, 0.3) is 0 Å². The Morgan fingerprint density at radius 1 is 0.500 bits per heavy atom. The molecule has 0 radical (unpaired) electrons. The Morgan fingerprint density at radius 2 is 0.833 bits per heavy atom. The quantitative estimate of drug-likeness (QED) is 0.704. The minimum atomic E-state index is 0.926. The highest BCUT2D eigenvalue weighted by Gasteiger charge is 1.92. The second-order valence-electron chi connectivity index (χ2n) is 5.59. The molecule has 0 saturated heterocycles. The molecule has 3 aromatic carbocycles. The highest BCUT2D eigenvalue weighted by molar-refractivity contribution is 5.16. The van der Waals surface area contributed by atoms with E-state index in [-0.39, 0.29) is 0 Å². The van der Waals surface area contributed by atoms with Crippen LogP contribution in [0.5, 0.6) is 0 Å². The second-order valence-corrected chi connectivity index (χ2v) is 5.59. The molecule has 2 N–H and O–H groups in total. The number of hydrogen-bond acceptors (Lipinski definition) is 2. The number of benzene rings is 3. The summed E-state index contributed by atoms with van der Waals surface area (Å²) in [5, 5.41) is 6.50. The Bertz CT molecular complexity index is 612. The standard InChI is InChI=1S/C14H15N.C8H11N/c1-3-7-13(8-4-1)11-15-12-14-9-5-2-6-10-14;1-9-7-8-5-3-2-4-6-8/h1-10,15H,11-12H2;2-6,9H,7H2,1H3. The normalized spacial score (nSPS) is 9.88. The summed E-state index contributed by atoms with van der Waals surface area (Å²) >= 11 is 0. The van der Waals surface area contributed by atoms with E-state index in [0.29, 0.717) is 0 Å². The van der Waals surface area contributed by atoms with Crippen molar-refractivity contribution in [3.8, 4) is 0 Å². The first kappa shape index (κ1) is 17.9. The maximum absolute atomic E-state index is 3.42. The predicted octanol–water partition coefficient (Wildman–Crippen LogP) is 4.38. The lowest BCUT2D eigenvalue weighted by atomic mass is 10.2. The lowest BCUT2D eigenvalue weighted by Crippen LogP contribution is -2.12. The molecule has 0 fully saturated rings. The lowest BCUT2D eigenvalue weighted by molar-refractivity contribution is 0.693. The van der Waals surface area contributed by atoms with E-state index < -0.39 is 0 Å². The molecular weight excluding hydrogens is 292 g/mol. The molecular formula is C22H26N2. The van der Waals surface area contributed by atoms with Crippen molar-refractivity contribution in [2.75, 3.05) is 7.05 Å². The van der Waals surface area contributed by atoms with Crippen molar-refractivity contribution in [3.05, 3.63) is 108 Å². The van der Waals surface area contributed by atoms with Gasteiger partial charge in [0.15, 0.2) is 0 Å². The molecule has 3 rings (SSSR count). The molecule has 0 heterocycles. The highest BCUT2D eigenvalue weighted by Crippen LogP contribution is 2.00. The van der Waals surface area contributed by atoms with E-state index in [1.54, 1.807) is 0 Å². The molecule has 0 atom stereocenters. The molecule has 2 heteroatoms. The highest BCUT2D eigenvalue weighted by atomic mass is 14.8. The van der Waals surface area contributed by atoms with Gasteiger partial charge in [-0.2, -0.15) is 0 Å². The third-order valence-corrected chi connectivity index (χ3v) is 3.57. The van der Waals surface area contributed by atoms with Crippen molar-refractivity contribution in [1.29, 1.82) is 0 Å². The Morgan fingerprint density at radius 3 is 1.17 bits per heavy atom. The molecule has 2 nitrogen and oxygen atoms in total. The smallest absolute Gasteiger partial charge is 0.0208 e. The van der Waals surface area contributed by atoms with E-state index in [1.165, 1.54) is 16.7 Å². The molecule has 24 heavy (non-hydrogen) atoms. The van der Waals surface area contributed by atoms with E-state index in [2.05, 4.69) is 71.3 Å². The zero-order valence-electron chi connectivity index (χ0n) is 14.3. The Balaban J connectivity index is 0.000000198. The monoisotopic (exact) mass is 318 g/mol. The van der Waals surface area contributed by atoms with E-state index in [4.69, 9.17) is 0 Å². The fourth-order valence-corrected chi connectivity index (χ4v) is 2.34. The fourth-order valence-electron chi connectivity index (χ4n) is 2.34. The van der Waals surface area contributed by atoms with E-state index in [9.17, 15) is 0 Å². The van der Waals surface area contributed by atoms with Crippen LogP contribution in [-0.4, -0.2) is 7.05 Å². The van der Waals surface area contributed by atoms with Gasteiger partial charge in [-0.1, -0.05) is 91.0 Å². The summed E-state index contributed by atoms with van der Waals surface area (Å²) in [4.78, 5) is 0. The molecule has 124 valence electrons. The third kappa shape index (κ3) is 7.23. The molecule has 0 aromatic heterocycles. The molecule has 3 aromatic rings. The molecule has 0 bridgehead atoms. The molecule has 0 amide bonds. The van der Waals surface area contributed by atoms with Crippen molar-refractivity contribution in [3.63, 3.8) is 0 Å². The minimum absolute atomic E-state index is 0.926. The van der Waals surface area contributed by atoms with Gasteiger partial charge in [-0.25, -0.2) is 0 Å². The van der Waals surface area contributed by atoms with Crippen LogP contribution in [0, 0.1) is 0 Å². The van der Waals surface area contributed by atoms with Crippen LogP contribution in [0.15, 0.2) is 91.0 Å². The van der Waals surface area contributed by atoms with Crippen molar-refractivity contribution in [2.45, 2.75) is 19.6 Å². The van der Waals surface area contributed by atoms with Crippen LogP contribution in [-0.2, 0) is 19.6 Å². The molecule has 0 aliphatic rings. The Labute approximate surface area is 145 Å². The van der Waals surface area contributed by atoms with E-state index in [1.807, 2.05) is 37.4 Å². The van der Waals surface area contributed by atoms with Gasteiger partial charge in [0.1, 0.15) is 0 Å². The Hall–Kier alpha value is -2.42. The van der Waals surface area contributed by atoms with Crippen molar-refractivity contribution < 1.29 is 0 Å². The van der Waals surface area contributed by atoms with Gasteiger partial charge in [-0.3, -0.25) is 0 Å². The predicted molar refractivity (Wildman–Crippen MR) is 103 cm³/mol. The van der Waals surface area contributed by atoms with Crippen molar-refractivity contribution in [2.24, 2.45) is 0 Å². The average Bonchev–Trinajstić information content (AvgIpc) is 2.65. The summed E-state index contributed by atoms with van der Waals surface area (Å²) in [6.07, 6.45) is 0. The number of nitrogens with one attached hydrogen (secondary N) is 2. The van der Waals surface area contributed by atoms with Gasteiger partial charge >= 0.3 is 0 Å². The first-order chi connectivity index (χ1) is 11.9. The van der Waals surface area contributed by atoms with Crippen molar-refractivity contribution >= 4 is 0 Å². The number of rotatable bonds is 6. The second kappa shape index (κ2) is 11.2. The van der Waals surface area contributed by atoms with E-state index in [0.717, 1.165) is 19.6 Å². The molecule has 0 unspecified atom stereocenters. The van der Waals surface area contributed by atoms with Gasteiger partial charge in [0.05, 0.1) is 0 Å². The van der Waals surface area contributed by atoms with Crippen LogP contribution in [0.1, 0.15) is 16.7 Å². The van der Waals surface area contributed by atoms with Crippen molar-refractivity contribution in [1.82, 2.24) is 10.6 Å². The first-order valence-electron chi connectivity index (χ1n) is 8.35. The minimum Gasteiger partial charge on any atom is -0.316 e. The van der Waals surface area contributed by atoms with Crippen LogP contribution in [0.3, 0.4) is 0 Å². The fraction of sp³-hybridized carbons (Fsp3) is 0.182. The molecule has 0 saturated carbocycles. The lowest BCUT2D eigenvalue weighted by Gasteiger charge is -2.04. The zero-order valence-corrected chi connectivity index (χ0v) is 14.3. The molecule has 0 aliphatic carbocycles. The van der Waals surface area contributed by atoms with Gasteiger partial charge in [0.2, 0.25) is 0 Å². The average molecular weight is 318 g/mol. The van der Waals surface area contributed by atoms with Gasteiger partial charge < -0.3 is 10.6 Å². The summed E-state index contributed by atoms with van der Waals surface area (Å²) in [6, 6.07) is 31.2. The SMILES string of the molecule is CNCc1ccccc1.c1ccc(CNCc2ccccc2)cc1. The van der Waals surface area contributed by atoms with Crippen LogP contribution in [0.2, 0.25) is 0 Å². The maximum Gasteiger partial charge on any atom is 0.0208 e. The maximum atomic E-state index is 3.42. The summed E-state index contributed by atoms with van der Waals surface area (Å²) in [6.45, 7) is 2.81. The summed E-state index contributed by atoms with van der Waals surface area (Å²) < 4.78 is 0. The van der Waals surface area contributed by atoms with Crippen LogP contribution in [0.25, 0.3) is 0 Å². The molecule has 0 aliphatic heterocycles. The number of hydrogen-bond donors (Lipinski definition) is 2. The van der Waals surface area contributed by atoms with Crippen LogP contribution in [0.4, 0.5) is 0 Å². The Kier molecular flexibility index (Phi) is 8.34. The van der Waals surface area contributed by atoms with Crippen LogP contribution < -0.4 is 10.6 Å². The van der Waals surface area contributed by atoms with Gasteiger partial charge in [-0.15, -0.1) is 0 Å². The third-order valence-electron chi connectivity index (χ3n) is 3.57. The van der Waals surface area contributed by atoms with E-state index >= 15 is 0 Å². The summed E-state index contributed by atoms with van der Waals surface area (Å²) in [5.41, 5.74) is 3.99. The first-order valence-corrected chi connectivity index (χ1v) is 8.35. The topological polar surface area (TPSA) is 24.1 Å². The molecule has 0 spiro atoms.